The van der Waals surface area contributed by atoms with Gasteiger partial charge in [0.25, 0.3) is 5.91 Å². The number of H-pyrrole nitrogens is 1. The van der Waals surface area contributed by atoms with Crippen LogP contribution in [0.25, 0.3) is 10.8 Å². The first-order valence-electron chi connectivity index (χ1n) is 12.6. The highest BCUT2D eigenvalue weighted by Crippen LogP contribution is 2.38. The molecular weight excluding hydrogens is 434 g/mol. The van der Waals surface area contributed by atoms with Gasteiger partial charge in [-0.2, -0.15) is 0 Å². The Bertz CT molecular complexity index is 1320. The second-order valence-corrected chi connectivity index (χ2v) is 9.16. The van der Waals surface area contributed by atoms with Gasteiger partial charge in [0, 0.05) is 24.2 Å². The van der Waals surface area contributed by atoms with E-state index < -0.39 is 0 Å². The monoisotopic (exact) mass is 467 g/mol. The molecule has 3 N–H and O–H groups in total. The zero-order valence-electron chi connectivity index (χ0n) is 20.4. The number of nitrogens with two attached hydrogens (primary N) is 1. The predicted molar refractivity (Wildman–Crippen MR) is 142 cm³/mol. The minimum atomic E-state index is 0.0279. The summed E-state index contributed by atoms with van der Waals surface area (Å²) in [5.74, 6) is 1.92. The SMILES string of the molecule is CCC1C(CC)N(c2cnc(CCN)[nH]2)c2ccccc2CN1C(=O)c1cccc2ccccc12. The fraction of sp³-hybridized carbons (Fsp3) is 0.310. The number of aromatic amines is 1. The van der Waals surface area contributed by atoms with Gasteiger partial charge in [0.2, 0.25) is 0 Å². The quantitative estimate of drug-likeness (QED) is 0.397. The summed E-state index contributed by atoms with van der Waals surface area (Å²) < 4.78 is 0. The second-order valence-electron chi connectivity index (χ2n) is 9.16. The van der Waals surface area contributed by atoms with Gasteiger partial charge in [-0.1, -0.05) is 68.4 Å². The molecule has 0 aliphatic carbocycles. The van der Waals surface area contributed by atoms with Crippen molar-refractivity contribution in [2.75, 3.05) is 11.4 Å². The minimum Gasteiger partial charge on any atom is -0.330 e. The molecule has 6 heteroatoms. The van der Waals surface area contributed by atoms with Crippen molar-refractivity contribution in [3.05, 3.63) is 89.9 Å². The van der Waals surface area contributed by atoms with Gasteiger partial charge in [0.05, 0.1) is 18.3 Å². The molecule has 1 aliphatic rings. The van der Waals surface area contributed by atoms with Crippen LogP contribution >= 0.6 is 0 Å². The number of amides is 1. The van der Waals surface area contributed by atoms with Crippen molar-refractivity contribution in [3.8, 4) is 0 Å². The third-order valence-electron chi connectivity index (χ3n) is 7.14. The van der Waals surface area contributed by atoms with Gasteiger partial charge in [0.15, 0.2) is 0 Å². The highest BCUT2D eigenvalue weighted by molar-refractivity contribution is 6.07. The lowest BCUT2D eigenvalue weighted by Gasteiger charge is -2.39. The highest BCUT2D eigenvalue weighted by atomic mass is 16.2. The lowest BCUT2D eigenvalue weighted by atomic mass is 9.97. The number of hydrogen-bond donors (Lipinski definition) is 2. The fourth-order valence-corrected chi connectivity index (χ4v) is 5.52. The lowest BCUT2D eigenvalue weighted by molar-refractivity contribution is 0.0633. The first-order valence-corrected chi connectivity index (χ1v) is 12.6. The van der Waals surface area contributed by atoms with E-state index in [-0.39, 0.29) is 18.0 Å². The largest absolute Gasteiger partial charge is 0.330 e. The van der Waals surface area contributed by atoms with Crippen LogP contribution in [0, 0.1) is 0 Å². The van der Waals surface area contributed by atoms with E-state index in [4.69, 9.17) is 5.73 Å². The van der Waals surface area contributed by atoms with Crippen molar-refractivity contribution < 1.29 is 4.79 Å². The number of benzene rings is 3. The molecule has 2 heterocycles. The van der Waals surface area contributed by atoms with Crippen molar-refractivity contribution in [1.82, 2.24) is 14.9 Å². The van der Waals surface area contributed by atoms with Crippen LogP contribution < -0.4 is 10.6 Å². The molecule has 2 unspecified atom stereocenters. The number of imidazole rings is 1. The molecule has 2 atom stereocenters. The van der Waals surface area contributed by atoms with Crippen LogP contribution in [0.15, 0.2) is 72.9 Å². The maximum absolute atomic E-state index is 14.2. The summed E-state index contributed by atoms with van der Waals surface area (Å²) >= 11 is 0. The standard InChI is InChI=1S/C29H33N5O/c1-3-24-25(4-2)34(28-18-31-27(32-28)16-17-30)26-15-8-6-11-21(26)19-33(24)29(35)23-14-9-12-20-10-5-7-13-22(20)23/h5-15,18,24-25H,3-4,16-17,19,30H2,1-2H3,(H,31,32). The number of nitrogens with one attached hydrogen (secondary N) is 1. The number of carbonyl (C=O) groups is 1. The Kier molecular flexibility index (Phi) is 6.55. The number of aromatic nitrogens is 2. The van der Waals surface area contributed by atoms with Gasteiger partial charge in [-0.05, 0) is 47.9 Å². The molecule has 35 heavy (non-hydrogen) atoms. The molecule has 0 saturated carbocycles. The maximum Gasteiger partial charge on any atom is 0.255 e. The molecule has 0 fully saturated rings. The van der Waals surface area contributed by atoms with Gasteiger partial charge in [-0.15, -0.1) is 0 Å². The van der Waals surface area contributed by atoms with Crippen LogP contribution in [0.4, 0.5) is 11.5 Å². The summed E-state index contributed by atoms with van der Waals surface area (Å²) in [5.41, 5.74) is 8.78. The van der Waals surface area contributed by atoms with Crippen LogP contribution in [0.2, 0.25) is 0 Å². The molecule has 4 aromatic rings. The Balaban J connectivity index is 1.63. The summed E-state index contributed by atoms with van der Waals surface area (Å²) in [6.07, 6.45) is 4.34. The molecule has 1 aromatic heterocycles. The molecule has 0 spiro atoms. The van der Waals surface area contributed by atoms with Crippen LogP contribution in [0.3, 0.4) is 0 Å². The van der Waals surface area contributed by atoms with E-state index in [0.29, 0.717) is 19.5 Å². The van der Waals surface area contributed by atoms with E-state index >= 15 is 0 Å². The Labute approximate surface area is 206 Å². The number of nitrogens with zero attached hydrogens (tertiary/aromatic N) is 3. The molecule has 0 radical (unpaired) electrons. The van der Waals surface area contributed by atoms with Crippen LogP contribution in [0.5, 0.6) is 0 Å². The van der Waals surface area contributed by atoms with Crippen molar-refractivity contribution in [2.24, 2.45) is 5.73 Å². The summed E-state index contributed by atoms with van der Waals surface area (Å²) in [4.78, 5) is 26.7. The first kappa shape index (κ1) is 23.1. The molecule has 5 rings (SSSR count). The number of fused-ring (bicyclic) bond motifs is 2. The van der Waals surface area contributed by atoms with E-state index in [0.717, 1.165) is 52.1 Å². The summed E-state index contributed by atoms with van der Waals surface area (Å²) in [5, 5.41) is 2.08. The number of rotatable bonds is 6. The van der Waals surface area contributed by atoms with Crippen LogP contribution in [-0.2, 0) is 13.0 Å². The molecule has 6 nitrogen and oxygen atoms in total. The molecule has 1 amide bonds. The fourth-order valence-electron chi connectivity index (χ4n) is 5.52. The van der Waals surface area contributed by atoms with Gasteiger partial charge in [-0.3, -0.25) is 4.79 Å². The zero-order valence-corrected chi connectivity index (χ0v) is 20.4. The van der Waals surface area contributed by atoms with E-state index in [1.807, 2.05) is 36.5 Å². The Morgan fingerprint density at radius 3 is 2.54 bits per heavy atom. The predicted octanol–water partition coefficient (Wildman–Crippen LogP) is 5.42. The molecule has 0 saturated heterocycles. The topological polar surface area (TPSA) is 78.2 Å². The van der Waals surface area contributed by atoms with Gasteiger partial charge >= 0.3 is 0 Å². The van der Waals surface area contributed by atoms with Crippen molar-refractivity contribution in [2.45, 2.75) is 51.7 Å². The normalized spacial score (nSPS) is 17.9. The van der Waals surface area contributed by atoms with Gasteiger partial charge < -0.3 is 20.5 Å². The van der Waals surface area contributed by atoms with Crippen molar-refractivity contribution in [3.63, 3.8) is 0 Å². The van der Waals surface area contributed by atoms with Crippen LogP contribution in [0.1, 0.15) is 48.4 Å². The van der Waals surface area contributed by atoms with E-state index in [9.17, 15) is 4.79 Å². The lowest BCUT2D eigenvalue weighted by Crippen LogP contribution is -2.50. The smallest absolute Gasteiger partial charge is 0.255 e. The average Bonchev–Trinajstić information content (AvgIpc) is 3.30. The third-order valence-corrected chi connectivity index (χ3v) is 7.14. The molecule has 1 aliphatic heterocycles. The zero-order chi connectivity index (χ0) is 24.4. The molecule has 3 aromatic carbocycles. The summed E-state index contributed by atoms with van der Waals surface area (Å²) in [6, 6.07) is 22.7. The Morgan fingerprint density at radius 2 is 1.74 bits per heavy atom. The Morgan fingerprint density at radius 1 is 1.00 bits per heavy atom. The minimum absolute atomic E-state index is 0.0279. The third kappa shape index (κ3) is 4.19. The highest BCUT2D eigenvalue weighted by Gasteiger charge is 2.38. The van der Waals surface area contributed by atoms with Gasteiger partial charge in [0.1, 0.15) is 11.6 Å². The van der Waals surface area contributed by atoms with Crippen molar-refractivity contribution in [1.29, 1.82) is 0 Å². The number of anilines is 2. The number of hydrogen-bond acceptors (Lipinski definition) is 4. The number of para-hydroxylation sites is 1. The van der Waals surface area contributed by atoms with Crippen LogP contribution in [-0.4, -0.2) is 39.4 Å². The summed E-state index contributed by atoms with van der Waals surface area (Å²) in [6.45, 7) is 5.49. The van der Waals surface area contributed by atoms with Gasteiger partial charge in [-0.25, -0.2) is 4.98 Å². The second kappa shape index (κ2) is 9.92. The maximum atomic E-state index is 14.2. The number of carbonyl (C=O) groups excluding carboxylic acids is 1. The Hall–Kier alpha value is -3.64. The molecular formula is C29H33N5O. The molecule has 0 bridgehead atoms. The molecule has 180 valence electrons. The van der Waals surface area contributed by atoms with Crippen molar-refractivity contribution >= 4 is 28.2 Å². The van der Waals surface area contributed by atoms with E-state index in [1.54, 1.807) is 0 Å². The summed E-state index contributed by atoms with van der Waals surface area (Å²) in [7, 11) is 0. The van der Waals surface area contributed by atoms with E-state index in [1.165, 1.54) is 0 Å². The average molecular weight is 468 g/mol. The first-order chi connectivity index (χ1) is 17.2. The van der Waals surface area contributed by atoms with E-state index in [2.05, 4.69) is 70.0 Å².